The molecular weight excluding hydrogens is 307 g/mol. The number of halogens is 2. The summed E-state index contributed by atoms with van der Waals surface area (Å²) in [5, 5.41) is 5.37. The maximum absolute atomic E-state index is 11.7. The number of carbonyl (C=O) groups excluding carboxylic acids is 1. The Hall–Kier alpha value is -0.400. The average Bonchev–Trinajstić information content (AvgIpc) is 2.77. The van der Waals surface area contributed by atoms with E-state index >= 15 is 0 Å². The Balaban J connectivity index is 0. The van der Waals surface area contributed by atoms with Crippen LogP contribution >= 0.6 is 36.2 Å². The van der Waals surface area contributed by atoms with Crippen LogP contribution in [0.25, 0.3) is 0 Å². The Morgan fingerprint density at radius 3 is 2.63 bits per heavy atom. The summed E-state index contributed by atoms with van der Waals surface area (Å²) in [6, 6.07) is 0.481. The van der Waals surface area contributed by atoms with Gasteiger partial charge in [0.2, 0.25) is 0 Å². The van der Waals surface area contributed by atoms with Gasteiger partial charge in [-0.3, -0.25) is 4.79 Å². The fourth-order valence-electron chi connectivity index (χ4n) is 1.20. The van der Waals surface area contributed by atoms with E-state index in [4.69, 9.17) is 5.73 Å². The summed E-state index contributed by atoms with van der Waals surface area (Å²) in [4.78, 5) is 18.0. The predicted molar refractivity (Wildman–Crippen MR) is 84.6 cm³/mol. The Morgan fingerprint density at radius 1 is 1.53 bits per heavy atom. The molecule has 1 heterocycles. The minimum absolute atomic E-state index is 0. The highest BCUT2D eigenvalue weighted by atomic mass is 35.5. The number of likely N-dealkylation sites (N-methyl/N-ethyl adjacent to an activating group) is 1. The largest absolute Gasteiger partial charge is 0.349 e. The molecule has 3 N–H and O–H groups in total. The van der Waals surface area contributed by atoms with Gasteiger partial charge in [0.05, 0.1) is 0 Å². The lowest BCUT2D eigenvalue weighted by Gasteiger charge is -2.20. The van der Waals surface area contributed by atoms with Gasteiger partial charge in [0.15, 0.2) is 0 Å². The second-order valence-electron chi connectivity index (χ2n) is 4.16. The lowest BCUT2D eigenvalue weighted by molar-refractivity contribution is 0.0943. The number of nitrogens with one attached hydrogen (secondary N) is 1. The molecule has 0 spiro atoms. The van der Waals surface area contributed by atoms with Crippen molar-refractivity contribution in [3.63, 3.8) is 0 Å². The van der Waals surface area contributed by atoms with Crippen LogP contribution in [0.3, 0.4) is 0 Å². The topological polar surface area (TPSA) is 71.2 Å². The van der Waals surface area contributed by atoms with Gasteiger partial charge in [-0.2, -0.15) is 0 Å². The first-order valence-electron chi connectivity index (χ1n) is 5.67. The molecule has 1 aromatic rings. The van der Waals surface area contributed by atoms with E-state index in [1.54, 1.807) is 5.38 Å². The highest BCUT2D eigenvalue weighted by Gasteiger charge is 2.10. The van der Waals surface area contributed by atoms with E-state index in [1.165, 1.54) is 11.3 Å². The summed E-state index contributed by atoms with van der Waals surface area (Å²) in [6.45, 7) is 6.08. The second-order valence-corrected chi connectivity index (χ2v) is 5.10. The zero-order valence-electron chi connectivity index (χ0n) is 11.4. The third-order valence-corrected chi connectivity index (χ3v) is 3.46. The first-order chi connectivity index (χ1) is 8.04. The van der Waals surface area contributed by atoms with E-state index in [9.17, 15) is 4.79 Å². The third kappa shape index (κ3) is 7.08. The highest BCUT2D eigenvalue weighted by Crippen LogP contribution is 2.08. The average molecular weight is 329 g/mol. The normalized spacial score (nSPS) is 10.0. The van der Waals surface area contributed by atoms with Gasteiger partial charge in [-0.15, -0.1) is 36.2 Å². The van der Waals surface area contributed by atoms with Gasteiger partial charge in [0, 0.05) is 31.1 Å². The maximum Gasteiger partial charge on any atom is 0.270 e. The smallest absolute Gasteiger partial charge is 0.270 e. The fraction of sp³-hybridized carbons (Fsp3) is 0.636. The lowest BCUT2D eigenvalue weighted by atomic mass is 10.3. The van der Waals surface area contributed by atoms with Crippen LogP contribution in [0.1, 0.15) is 29.3 Å². The Morgan fingerprint density at radius 2 is 2.16 bits per heavy atom. The molecule has 5 nitrogen and oxygen atoms in total. The summed E-state index contributed by atoms with van der Waals surface area (Å²) in [5.41, 5.74) is 5.91. The number of rotatable bonds is 6. The number of amides is 1. The first kappa shape index (κ1) is 20.9. The summed E-state index contributed by atoms with van der Waals surface area (Å²) in [6.07, 6.45) is 0. The Kier molecular flexibility index (Phi) is 11.4. The van der Waals surface area contributed by atoms with Crippen LogP contribution in [0.5, 0.6) is 0 Å². The van der Waals surface area contributed by atoms with Gasteiger partial charge >= 0.3 is 0 Å². The molecule has 0 atom stereocenters. The number of hydrogen-bond acceptors (Lipinski definition) is 5. The maximum atomic E-state index is 11.7. The van der Waals surface area contributed by atoms with Crippen molar-refractivity contribution < 1.29 is 4.79 Å². The number of carbonyl (C=O) groups is 1. The number of hydrogen-bond donors (Lipinski definition) is 2. The van der Waals surface area contributed by atoms with E-state index in [-0.39, 0.29) is 30.7 Å². The van der Waals surface area contributed by atoms with E-state index in [0.717, 1.165) is 11.6 Å². The molecule has 0 aliphatic heterocycles. The summed E-state index contributed by atoms with van der Waals surface area (Å²) < 4.78 is 0. The zero-order chi connectivity index (χ0) is 12.8. The van der Waals surface area contributed by atoms with Crippen molar-refractivity contribution in [1.29, 1.82) is 0 Å². The third-order valence-electron chi connectivity index (χ3n) is 2.59. The number of thiazole rings is 1. The van der Waals surface area contributed by atoms with E-state index in [0.29, 0.717) is 24.8 Å². The van der Waals surface area contributed by atoms with E-state index in [2.05, 4.69) is 29.0 Å². The van der Waals surface area contributed by atoms with Crippen molar-refractivity contribution >= 4 is 42.1 Å². The van der Waals surface area contributed by atoms with E-state index < -0.39 is 0 Å². The second kappa shape index (κ2) is 10.4. The number of aromatic nitrogens is 1. The van der Waals surface area contributed by atoms with Crippen LogP contribution in [0.2, 0.25) is 0 Å². The molecule has 1 amide bonds. The van der Waals surface area contributed by atoms with Crippen LogP contribution in [0, 0.1) is 0 Å². The summed E-state index contributed by atoms with van der Waals surface area (Å²) in [7, 11) is 2.03. The molecule has 0 fully saturated rings. The van der Waals surface area contributed by atoms with Crippen molar-refractivity contribution in [2.24, 2.45) is 5.73 Å². The standard InChI is InChI=1S/C11H20N4OS.2ClH/c1-8(2)15(3)5-4-13-11(16)9-7-17-10(6-12)14-9;;/h7-8H,4-6,12H2,1-3H3,(H,13,16);2*1H. The zero-order valence-corrected chi connectivity index (χ0v) is 13.8. The Labute approximate surface area is 130 Å². The molecule has 19 heavy (non-hydrogen) atoms. The molecule has 0 aliphatic carbocycles. The molecule has 0 radical (unpaired) electrons. The molecule has 0 aliphatic rings. The Bertz CT molecular complexity index is 373. The van der Waals surface area contributed by atoms with Crippen molar-refractivity contribution in [3.8, 4) is 0 Å². The van der Waals surface area contributed by atoms with Gasteiger partial charge in [-0.05, 0) is 20.9 Å². The van der Waals surface area contributed by atoms with Gasteiger partial charge in [-0.25, -0.2) is 4.98 Å². The molecule has 0 bridgehead atoms. The minimum atomic E-state index is -0.127. The van der Waals surface area contributed by atoms with Gasteiger partial charge < -0.3 is 16.0 Å². The monoisotopic (exact) mass is 328 g/mol. The molecule has 0 unspecified atom stereocenters. The molecule has 1 aromatic heterocycles. The van der Waals surface area contributed by atoms with Crippen molar-refractivity contribution in [1.82, 2.24) is 15.2 Å². The van der Waals surface area contributed by atoms with Crippen LogP contribution in [-0.2, 0) is 6.54 Å². The molecule has 0 saturated heterocycles. The quantitative estimate of drug-likeness (QED) is 0.830. The number of nitrogens with two attached hydrogens (primary N) is 1. The molecule has 0 aromatic carbocycles. The SMILES string of the molecule is CC(C)N(C)CCNC(=O)c1csc(CN)n1.Cl.Cl. The van der Waals surface area contributed by atoms with E-state index in [1.807, 2.05) is 7.05 Å². The van der Waals surface area contributed by atoms with Crippen molar-refractivity contribution in [2.45, 2.75) is 26.4 Å². The van der Waals surface area contributed by atoms with Crippen LogP contribution in [-0.4, -0.2) is 42.0 Å². The molecule has 1 rings (SSSR count). The number of nitrogens with zero attached hydrogens (tertiary/aromatic N) is 2. The van der Waals surface area contributed by atoms with Crippen LogP contribution < -0.4 is 11.1 Å². The minimum Gasteiger partial charge on any atom is -0.349 e. The van der Waals surface area contributed by atoms with Crippen LogP contribution in [0.4, 0.5) is 0 Å². The molecule has 0 saturated carbocycles. The molecular formula is C11H22Cl2N4OS. The van der Waals surface area contributed by atoms with Crippen LogP contribution in [0.15, 0.2) is 5.38 Å². The fourth-order valence-corrected chi connectivity index (χ4v) is 1.86. The molecule has 8 heteroatoms. The van der Waals surface area contributed by atoms with Gasteiger partial charge in [0.1, 0.15) is 10.7 Å². The van der Waals surface area contributed by atoms with Gasteiger partial charge in [-0.1, -0.05) is 0 Å². The molecule has 112 valence electrons. The van der Waals surface area contributed by atoms with Crippen molar-refractivity contribution in [3.05, 3.63) is 16.1 Å². The first-order valence-corrected chi connectivity index (χ1v) is 6.55. The van der Waals surface area contributed by atoms with Crippen molar-refractivity contribution in [2.75, 3.05) is 20.1 Å². The predicted octanol–water partition coefficient (Wildman–Crippen LogP) is 1.52. The van der Waals surface area contributed by atoms with Gasteiger partial charge in [0.25, 0.3) is 5.91 Å². The lowest BCUT2D eigenvalue weighted by Crippen LogP contribution is -2.36. The summed E-state index contributed by atoms with van der Waals surface area (Å²) >= 11 is 1.42. The summed E-state index contributed by atoms with van der Waals surface area (Å²) in [5.74, 6) is -0.127. The highest BCUT2D eigenvalue weighted by molar-refractivity contribution is 7.09.